The highest BCUT2D eigenvalue weighted by Gasteiger charge is 1.97. The summed E-state index contributed by atoms with van der Waals surface area (Å²) >= 11 is 6.29. The normalized spacial score (nSPS) is 13.5. The lowest BCUT2D eigenvalue weighted by atomic mass is 10.3. The van der Waals surface area contributed by atoms with Crippen molar-refractivity contribution in [3.8, 4) is 0 Å². The molecule has 0 saturated carbocycles. The number of rotatable bonds is 6. The summed E-state index contributed by atoms with van der Waals surface area (Å²) in [5.41, 5.74) is 0. The highest BCUT2D eigenvalue weighted by molar-refractivity contribution is 7.99. The zero-order valence-corrected chi connectivity index (χ0v) is 8.68. The maximum atomic E-state index is 4.23. The Kier molecular flexibility index (Phi) is 8.35. The van der Waals surface area contributed by atoms with E-state index < -0.39 is 0 Å². The molecule has 0 bridgehead atoms. The summed E-state index contributed by atoms with van der Waals surface area (Å²) in [5, 5.41) is 0. The average molecular weight is 178 g/mol. The van der Waals surface area contributed by atoms with Crippen molar-refractivity contribution in [1.29, 1.82) is 0 Å². The van der Waals surface area contributed by atoms with Crippen LogP contribution in [0.2, 0.25) is 0 Å². The van der Waals surface area contributed by atoms with Crippen molar-refractivity contribution in [2.75, 3.05) is 17.3 Å². The van der Waals surface area contributed by atoms with Gasteiger partial charge in [0.25, 0.3) is 0 Å². The standard InChI is InChI=1S/C8H18S2/c1-3-4-5-10-7-8(2)6-9/h8-9H,3-7H2,1-2H3. The fraction of sp³-hybridized carbons (Fsp3) is 1.00. The van der Waals surface area contributed by atoms with Crippen molar-refractivity contribution in [1.82, 2.24) is 0 Å². The van der Waals surface area contributed by atoms with Gasteiger partial charge in [0, 0.05) is 0 Å². The summed E-state index contributed by atoms with van der Waals surface area (Å²) in [7, 11) is 0. The lowest BCUT2D eigenvalue weighted by Gasteiger charge is -2.05. The first-order valence-electron chi connectivity index (χ1n) is 3.99. The van der Waals surface area contributed by atoms with Crippen molar-refractivity contribution in [3.63, 3.8) is 0 Å². The fourth-order valence-corrected chi connectivity index (χ4v) is 2.07. The van der Waals surface area contributed by atoms with Gasteiger partial charge in [0.15, 0.2) is 0 Å². The monoisotopic (exact) mass is 178 g/mol. The molecule has 0 radical (unpaired) electrons. The molecular formula is C8H18S2. The second-order valence-electron chi connectivity index (χ2n) is 2.72. The van der Waals surface area contributed by atoms with Gasteiger partial charge >= 0.3 is 0 Å². The molecule has 0 spiro atoms. The molecule has 0 nitrogen and oxygen atoms in total. The lowest BCUT2D eigenvalue weighted by Crippen LogP contribution is -1.99. The molecule has 0 aliphatic rings. The van der Waals surface area contributed by atoms with Crippen LogP contribution in [0.5, 0.6) is 0 Å². The Morgan fingerprint density at radius 3 is 2.70 bits per heavy atom. The van der Waals surface area contributed by atoms with E-state index in [0.29, 0.717) is 0 Å². The zero-order chi connectivity index (χ0) is 7.82. The first-order valence-corrected chi connectivity index (χ1v) is 5.78. The van der Waals surface area contributed by atoms with E-state index in [2.05, 4.69) is 38.2 Å². The minimum atomic E-state index is 0.783. The van der Waals surface area contributed by atoms with Gasteiger partial charge in [-0.3, -0.25) is 0 Å². The minimum absolute atomic E-state index is 0.783. The van der Waals surface area contributed by atoms with Gasteiger partial charge in [0.1, 0.15) is 0 Å². The number of hydrogen-bond donors (Lipinski definition) is 1. The molecule has 0 rings (SSSR count). The summed E-state index contributed by atoms with van der Waals surface area (Å²) < 4.78 is 0. The minimum Gasteiger partial charge on any atom is -0.179 e. The number of unbranched alkanes of at least 4 members (excludes halogenated alkanes) is 1. The van der Waals surface area contributed by atoms with E-state index in [9.17, 15) is 0 Å². The molecule has 0 saturated heterocycles. The second-order valence-corrected chi connectivity index (χ2v) is 4.23. The Labute approximate surface area is 74.6 Å². The van der Waals surface area contributed by atoms with E-state index in [-0.39, 0.29) is 0 Å². The highest BCUT2D eigenvalue weighted by atomic mass is 32.2. The van der Waals surface area contributed by atoms with Crippen LogP contribution in [-0.4, -0.2) is 17.3 Å². The van der Waals surface area contributed by atoms with Crippen LogP contribution in [0.3, 0.4) is 0 Å². The molecular weight excluding hydrogens is 160 g/mol. The van der Waals surface area contributed by atoms with E-state index in [0.717, 1.165) is 11.7 Å². The third-order valence-electron chi connectivity index (χ3n) is 1.36. The molecule has 0 amide bonds. The Morgan fingerprint density at radius 1 is 1.50 bits per heavy atom. The largest absolute Gasteiger partial charge is 0.179 e. The topological polar surface area (TPSA) is 0 Å². The first kappa shape index (κ1) is 10.7. The second kappa shape index (κ2) is 7.80. The van der Waals surface area contributed by atoms with Gasteiger partial charge in [-0.25, -0.2) is 0 Å². The van der Waals surface area contributed by atoms with Gasteiger partial charge in [-0.05, 0) is 29.6 Å². The van der Waals surface area contributed by atoms with Gasteiger partial charge in [-0.1, -0.05) is 20.3 Å². The summed E-state index contributed by atoms with van der Waals surface area (Å²) in [4.78, 5) is 0. The van der Waals surface area contributed by atoms with Crippen LogP contribution >= 0.6 is 24.4 Å². The van der Waals surface area contributed by atoms with Crippen molar-refractivity contribution < 1.29 is 0 Å². The average Bonchev–Trinajstić information content (AvgIpc) is 1.98. The van der Waals surface area contributed by atoms with Crippen molar-refractivity contribution in [3.05, 3.63) is 0 Å². The highest BCUT2D eigenvalue weighted by Crippen LogP contribution is 2.10. The van der Waals surface area contributed by atoms with Crippen LogP contribution in [0.1, 0.15) is 26.7 Å². The molecule has 0 aromatic heterocycles. The molecule has 1 atom stereocenters. The fourth-order valence-electron chi connectivity index (χ4n) is 0.584. The smallest absolute Gasteiger partial charge is 0.00340 e. The van der Waals surface area contributed by atoms with Gasteiger partial charge < -0.3 is 0 Å². The third kappa shape index (κ3) is 6.81. The third-order valence-corrected chi connectivity index (χ3v) is 3.36. The van der Waals surface area contributed by atoms with Crippen LogP contribution in [0, 0.1) is 5.92 Å². The number of thioether (sulfide) groups is 1. The van der Waals surface area contributed by atoms with Crippen LogP contribution in [0.15, 0.2) is 0 Å². The van der Waals surface area contributed by atoms with E-state index in [1.165, 1.54) is 24.3 Å². The summed E-state index contributed by atoms with van der Waals surface area (Å²) in [6, 6.07) is 0. The maximum Gasteiger partial charge on any atom is -0.00340 e. The molecule has 10 heavy (non-hydrogen) atoms. The molecule has 0 heterocycles. The maximum absolute atomic E-state index is 4.23. The van der Waals surface area contributed by atoms with Crippen LogP contribution in [0.25, 0.3) is 0 Å². The molecule has 0 aromatic carbocycles. The Bertz CT molecular complexity index is 64.3. The predicted octanol–water partition coefficient (Wildman–Crippen LogP) is 3.09. The first-order chi connectivity index (χ1) is 4.81. The van der Waals surface area contributed by atoms with Gasteiger partial charge in [-0.15, -0.1) is 0 Å². The van der Waals surface area contributed by atoms with Crippen molar-refractivity contribution >= 4 is 24.4 Å². The van der Waals surface area contributed by atoms with Crippen LogP contribution in [-0.2, 0) is 0 Å². The molecule has 0 fully saturated rings. The molecule has 0 N–H and O–H groups in total. The SMILES string of the molecule is CCCCSCC(C)CS. The van der Waals surface area contributed by atoms with E-state index in [4.69, 9.17) is 0 Å². The molecule has 62 valence electrons. The molecule has 0 aliphatic carbocycles. The van der Waals surface area contributed by atoms with Crippen LogP contribution in [0.4, 0.5) is 0 Å². The summed E-state index contributed by atoms with van der Waals surface area (Å²) in [5.74, 6) is 4.42. The van der Waals surface area contributed by atoms with Crippen molar-refractivity contribution in [2.45, 2.75) is 26.7 Å². The number of thiol groups is 1. The van der Waals surface area contributed by atoms with Gasteiger partial charge in [0.2, 0.25) is 0 Å². The van der Waals surface area contributed by atoms with Crippen LogP contribution < -0.4 is 0 Å². The summed E-state index contributed by atoms with van der Waals surface area (Å²) in [6.07, 6.45) is 2.69. The Morgan fingerprint density at radius 2 is 2.20 bits per heavy atom. The quantitative estimate of drug-likeness (QED) is 0.482. The zero-order valence-electron chi connectivity index (χ0n) is 6.97. The molecule has 2 heteroatoms. The van der Waals surface area contributed by atoms with Gasteiger partial charge in [0.05, 0.1) is 0 Å². The Hall–Kier alpha value is 0.700. The molecule has 0 aromatic rings. The van der Waals surface area contributed by atoms with E-state index >= 15 is 0 Å². The number of hydrogen-bond acceptors (Lipinski definition) is 2. The molecule has 0 aliphatic heterocycles. The van der Waals surface area contributed by atoms with E-state index in [1.54, 1.807) is 0 Å². The lowest BCUT2D eigenvalue weighted by molar-refractivity contribution is 0.765. The van der Waals surface area contributed by atoms with Gasteiger partial charge in [-0.2, -0.15) is 24.4 Å². The summed E-state index contributed by atoms with van der Waals surface area (Å²) in [6.45, 7) is 4.49. The molecule has 1 unspecified atom stereocenters. The van der Waals surface area contributed by atoms with E-state index in [1.807, 2.05) is 0 Å². The predicted molar refractivity (Wildman–Crippen MR) is 55.3 cm³/mol. The van der Waals surface area contributed by atoms with Crippen molar-refractivity contribution in [2.24, 2.45) is 5.92 Å². The Balaban J connectivity index is 2.89.